The van der Waals surface area contributed by atoms with Gasteiger partial charge in [-0.15, -0.1) is 0 Å². The molecular formula is C20H16N4O. The second kappa shape index (κ2) is 6.20. The lowest BCUT2D eigenvalue weighted by molar-refractivity contribution is 0.415. The Labute approximate surface area is 145 Å². The summed E-state index contributed by atoms with van der Waals surface area (Å²) in [4.78, 5) is 13.8. The number of para-hydroxylation sites is 1. The highest BCUT2D eigenvalue weighted by atomic mass is 16.5. The summed E-state index contributed by atoms with van der Waals surface area (Å²) < 4.78 is 5.35. The summed E-state index contributed by atoms with van der Waals surface area (Å²) >= 11 is 0. The molecule has 0 radical (unpaired) electrons. The first kappa shape index (κ1) is 15.1. The van der Waals surface area contributed by atoms with Crippen molar-refractivity contribution in [1.29, 1.82) is 0 Å². The second-order valence-electron chi connectivity index (χ2n) is 5.59. The average Bonchev–Trinajstić information content (AvgIpc) is 2.67. The quantitative estimate of drug-likeness (QED) is 0.616. The Balaban J connectivity index is 1.99. The van der Waals surface area contributed by atoms with Gasteiger partial charge in [0.05, 0.1) is 18.3 Å². The van der Waals surface area contributed by atoms with Crippen LogP contribution in [0.3, 0.4) is 0 Å². The lowest BCUT2D eigenvalue weighted by Crippen LogP contribution is -1.98. The minimum atomic E-state index is 0.442. The van der Waals surface area contributed by atoms with Gasteiger partial charge in [0.25, 0.3) is 0 Å². The van der Waals surface area contributed by atoms with Crippen LogP contribution in [0.25, 0.3) is 33.7 Å². The maximum Gasteiger partial charge on any atom is 0.179 e. The lowest BCUT2D eigenvalue weighted by Gasteiger charge is -2.10. The van der Waals surface area contributed by atoms with E-state index in [1.807, 2.05) is 60.7 Å². The van der Waals surface area contributed by atoms with Gasteiger partial charge in [0.15, 0.2) is 5.82 Å². The third-order valence-electron chi connectivity index (χ3n) is 3.95. The Bertz CT molecular complexity index is 1060. The van der Waals surface area contributed by atoms with Gasteiger partial charge in [-0.3, -0.25) is 0 Å². The molecule has 0 saturated heterocycles. The second-order valence-corrected chi connectivity index (χ2v) is 5.59. The molecule has 0 atom stereocenters. The molecule has 5 heteroatoms. The van der Waals surface area contributed by atoms with Crippen LogP contribution in [-0.2, 0) is 0 Å². The van der Waals surface area contributed by atoms with E-state index in [1.54, 1.807) is 13.2 Å². The summed E-state index contributed by atoms with van der Waals surface area (Å²) in [5.41, 5.74) is 9.11. The van der Waals surface area contributed by atoms with Crippen LogP contribution >= 0.6 is 0 Å². The van der Waals surface area contributed by atoms with Crippen molar-refractivity contribution in [3.8, 4) is 28.5 Å². The smallest absolute Gasteiger partial charge is 0.179 e. The van der Waals surface area contributed by atoms with E-state index >= 15 is 0 Å². The van der Waals surface area contributed by atoms with Gasteiger partial charge in [-0.2, -0.15) is 0 Å². The van der Waals surface area contributed by atoms with Crippen molar-refractivity contribution in [2.24, 2.45) is 0 Å². The van der Waals surface area contributed by atoms with Crippen LogP contribution in [0.4, 0.5) is 5.82 Å². The van der Waals surface area contributed by atoms with Crippen molar-refractivity contribution >= 4 is 16.7 Å². The Morgan fingerprint density at radius 2 is 1.68 bits per heavy atom. The van der Waals surface area contributed by atoms with Gasteiger partial charge in [-0.05, 0) is 30.3 Å². The van der Waals surface area contributed by atoms with Gasteiger partial charge in [-0.1, -0.05) is 36.4 Å². The maximum atomic E-state index is 5.81. The third kappa shape index (κ3) is 2.87. The number of aromatic nitrogens is 3. The van der Waals surface area contributed by atoms with Crippen LogP contribution in [0.15, 0.2) is 66.7 Å². The van der Waals surface area contributed by atoms with Crippen LogP contribution in [0.5, 0.6) is 5.75 Å². The van der Waals surface area contributed by atoms with E-state index in [0.29, 0.717) is 17.3 Å². The molecular weight excluding hydrogens is 312 g/mol. The molecule has 0 amide bonds. The van der Waals surface area contributed by atoms with Crippen molar-refractivity contribution in [1.82, 2.24) is 15.0 Å². The van der Waals surface area contributed by atoms with E-state index in [1.165, 1.54) is 0 Å². The molecule has 0 bridgehead atoms. The summed E-state index contributed by atoms with van der Waals surface area (Å²) in [6, 6.07) is 21.2. The van der Waals surface area contributed by atoms with Crippen molar-refractivity contribution in [3.63, 3.8) is 0 Å². The number of nitrogens with two attached hydrogens (primary N) is 1. The van der Waals surface area contributed by atoms with Crippen LogP contribution in [-0.4, -0.2) is 22.1 Å². The zero-order valence-corrected chi connectivity index (χ0v) is 13.7. The molecule has 2 aromatic heterocycles. The number of methoxy groups -OCH3 is 1. The third-order valence-corrected chi connectivity index (χ3v) is 3.95. The Hall–Kier alpha value is -3.47. The molecule has 0 saturated carbocycles. The van der Waals surface area contributed by atoms with Gasteiger partial charge in [0, 0.05) is 10.9 Å². The number of anilines is 1. The van der Waals surface area contributed by atoms with E-state index in [4.69, 9.17) is 15.5 Å². The molecule has 122 valence electrons. The molecule has 0 spiro atoms. The van der Waals surface area contributed by atoms with Crippen LogP contribution in [0.2, 0.25) is 0 Å². The van der Waals surface area contributed by atoms with Gasteiger partial charge < -0.3 is 10.5 Å². The van der Waals surface area contributed by atoms with E-state index in [0.717, 1.165) is 27.9 Å². The number of hydrogen-bond donors (Lipinski definition) is 1. The average molecular weight is 328 g/mol. The minimum absolute atomic E-state index is 0.442. The molecule has 4 rings (SSSR count). The number of ether oxygens (including phenoxy) is 1. The highest BCUT2D eigenvalue weighted by Crippen LogP contribution is 2.30. The van der Waals surface area contributed by atoms with Crippen molar-refractivity contribution in [2.75, 3.05) is 12.8 Å². The molecule has 2 N–H and O–H groups in total. The van der Waals surface area contributed by atoms with Gasteiger partial charge >= 0.3 is 0 Å². The van der Waals surface area contributed by atoms with Gasteiger partial charge in [0.1, 0.15) is 17.3 Å². The molecule has 25 heavy (non-hydrogen) atoms. The molecule has 0 aliphatic rings. The standard InChI is InChI=1S/C20H16N4O/c1-25-14-7-4-6-13(12-14)19-15-8-2-3-9-16(15)23-20(24-19)17-10-5-11-18(21)22-17/h2-12H,1H3,(H2,21,22). The van der Waals surface area contributed by atoms with E-state index in [9.17, 15) is 0 Å². The number of fused-ring (bicyclic) bond motifs is 1. The molecule has 0 aliphatic carbocycles. The Kier molecular flexibility index (Phi) is 3.74. The largest absolute Gasteiger partial charge is 0.497 e. The van der Waals surface area contributed by atoms with E-state index < -0.39 is 0 Å². The SMILES string of the molecule is COc1cccc(-c2nc(-c3cccc(N)n3)nc3ccccc23)c1. The molecule has 0 fully saturated rings. The van der Waals surface area contributed by atoms with Crippen molar-refractivity contribution in [2.45, 2.75) is 0 Å². The van der Waals surface area contributed by atoms with E-state index in [2.05, 4.69) is 9.97 Å². The van der Waals surface area contributed by atoms with Crippen LogP contribution in [0.1, 0.15) is 0 Å². The number of nitrogen functional groups attached to an aromatic ring is 1. The number of rotatable bonds is 3. The number of nitrogens with zero attached hydrogens (tertiary/aromatic N) is 3. The predicted molar refractivity (Wildman–Crippen MR) is 99.2 cm³/mol. The topological polar surface area (TPSA) is 73.9 Å². The first-order valence-electron chi connectivity index (χ1n) is 7.89. The fourth-order valence-electron chi connectivity index (χ4n) is 2.76. The lowest BCUT2D eigenvalue weighted by atomic mass is 10.1. The summed E-state index contributed by atoms with van der Waals surface area (Å²) in [6.07, 6.45) is 0. The molecule has 2 aromatic carbocycles. The fourth-order valence-corrected chi connectivity index (χ4v) is 2.76. The summed E-state index contributed by atoms with van der Waals surface area (Å²) in [5, 5.41) is 0.975. The first-order valence-corrected chi connectivity index (χ1v) is 7.89. The molecule has 0 aliphatic heterocycles. The highest BCUT2D eigenvalue weighted by molar-refractivity contribution is 5.93. The summed E-state index contributed by atoms with van der Waals surface area (Å²) in [6.45, 7) is 0. The van der Waals surface area contributed by atoms with Crippen LogP contribution in [0, 0.1) is 0 Å². The highest BCUT2D eigenvalue weighted by Gasteiger charge is 2.12. The predicted octanol–water partition coefficient (Wildman–Crippen LogP) is 3.95. The number of pyridine rings is 1. The monoisotopic (exact) mass is 328 g/mol. The number of hydrogen-bond acceptors (Lipinski definition) is 5. The molecule has 5 nitrogen and oxygen atoms in total. The summed E-state index contributed by atoms with van der Waals surface area (Å²) in [5.74, 6) is 1.77. The molecule has 0 unspecified atom stereocenters. The molecule has 4 aromatic rings. The fraction of sp³-hybridized carbons (Fsp3) is 0.0500. The van der Waals surface area contributed by atoms with Gasteiger partial charge in [-0.25, -0.2) is 15.0 Å². The Morgan fingerprint density at radius 1 is 0.840 bits per heavy atom. The summed E-state index contributed by atoms with van der Waals surface area (Å²) in [7, 11) is 1.65. The van der Waals surface area contributed by atoms with Gasteiger partial charge in [0.2, 0.25) is 0 Å². The first-order chi connectivity index (χ1) is 12.2. The normalized spacial score (nSPS) is 10.8. The zero-order valence-electron chi connectivity index (χ0n) is 13.7. The zero-order chi connectivity index (χ0) is 17.2. The van der Waals surface area contributed by atoms with Crippen LogP contribution < -0.4 is 10.5 Å². The number of benzene rings is 2. The molecule has 2 heterocycles. The Morgan fingerprint density at radius 3 is 2.52 bits per heavy atom. The van der Waals surface area contributed by atoms with Crippen molar-refractivity contribution < 1.29 is 4.74 Å². The minimum Gasteiger partial charge on any atom is -0.497 e. The van der Waals surface area contributed by atoms with Crippen molar-refractivity contribution in [3.05, 3.63) is 66.7 Å². The van der Waals surface area contributed by atoms with E-state index in [-0.39, 0.29) is 0 Å². The maximum absolute atomic E-state index is 5.81.